The van der Waals surface area contributed by atoms with Crippen LogP contribution < -0.4 is 10.1 Å². The van der Waals surface area contributed by atoms with Gasteiger partial charge in [-0.3, -0.25) is 0 Å². The lowest BCUT2D eigenvalue weighted by molar-refractivity contribution is 0.153. The zero-order chi connectivity index (χ0) is 15.9. The molecular formula is C16H23N3O3. The van der Waals surface area contributed by atoms with Crippen LogP contribution in [0.2, 0.25) is 0 Å². The van der Waals surface area contributed by atoms with Crippen molar-refractivity contribution in [1.29, 1.82) is 0 Å². The number of hydrogen-bond donors (Lipinski definition) is 1. The number of hydrogen-bond acceptors (Lipinski definition) is 3. The Morgan fingerprint density at radius 1 is 1.05 bits per heavy atom. The van der Waals surface area contributed by atoms with Crippen LogP contribution in [0.25, 0.3) is 0 Å². The van der Waals surface area contributed by atoms with Crippen molar-refractivity contribution in [2.45, 2.75) is 26.3 Å². The molecule has 1 aliphatic rings. The smallest absolute Gasteiger partial charge is 0.410 e. The highest BCUT2D eigenvalue weighted by Crippen LogP contribution is 2.12. The van der Waals surface area contributed by atoms with Crippen LogP contribution in [-0.4, -0.2) is 54.1 Å². The first-order valence-corrected chi connectivity index (χ1v) is 7.63. The molecule has 1 saturated heterocycles. The lowest BCUT2D eigenvalue weighted by Gasteiger charge is -2.23. The molecular weight excluding hydrogens is 282 g/mol. The molecule has 1 aromatic rings. The minimum absolute atomic E-state index is 0.0757. The van der Waals surface area contributed by atoms with E-state index < -0.39 is 0 Å². The third-order valence-corrected chi connectivity index (χ3v) is 3.40. The van der Waals surface area contributed by atoms with Crippen LogP contribution in [0.4, 0.5) is 9.59 Å². The van der Waals surface area contributed by atoms with Gasteiger partial charge in [0.15, 0.2) is 0 Å². The summed E-state index contributed by atoms with van der Waals surface area (Å²) in [6.45, 7) is 6.10. The van der Waals surface area contributed by atoms with Gasteiger partial charge in [-0.2, -0.15) is 0 Å². The van der Waals surface area contributed by atoms with E-state index in [0.29, 0.717) is 31.9 Å². The van der Waals surface area contributed by atoms with Crippen molar-refractivity contribution >= 4 is 12.1 Å². The molecule has 2 rings (SSSR count). The molecule has 0 aromatic heterocycles. The summed E-state index contributed by atoms with van der Waals surface area (Å²) in [4.78, 5) is 27.6. The van der Waals surface area contributed by atoms with E-state index in [9.17, 15) is 9.59 Å². The zero-order valence-electron chi connectivity index (χ0n) is 13.1. The molecule has 0 bridgehead atoms. The lowest BCUT2D eigenvalue weighted by atomic mass is 10.3. The van der Waals surface area contributed by atoms with Gasteiger partial charge in [-0.25, -0.2) is 9.59 Å². The number of amides is 3. The molecule has 6 nitrogen and oxygen atoms in total. The van der Waals surface area contributed by atoms with Gasteiger partial charge in [0.2, 0.25) is 0 Å². The Kier molecular flexibility index (Phi) is 5.63. The van der Waals surface area contributed by atoms with E-state index in [0.717, 1.165) is 6.42 Å². The molecule has 0 unspecified atom stereocenters. The fourth-order valence-corrected chi connectivity index (χ4v) is 2.30. The summed E-state index contributed by atoms with van der Waals surface area (Å²) < 4.78 is 5.34. The Labute approximate surface area is 131 Å². The number of ether oxygens (including phenoxy) is 1. The van der Waals surface area contributed by atoms with Crippen molar-refractivity contribution in [3.05, 3.63) is 30.3 Å². The largest absolute Gasteiger partial charge is 0.415 e. The predicted molar refractivity (Wildman–Crippen MR) is 83.9 cm³/mol. The molecule has 6 heteroatoms. The van der Waals surface area contributed by atoms with Gasteiger partial charge in [-0.05, 0) is 32.4 Å². The number of nitrogens with zero attached hydrogens (tertiary/aromatic N) is 2. The van der Waals surface area contributed by atoms with Crippen molar-refractivity contribution in [2.75, 3.05) is 26.2 Å². The third-order valence-electron chi connectivity index (χ3n) is 3.40. The van der Waals surface area contributed by atoms with Crippen LogP contribution in [0.5, 0.6) is 5.75 Å². The van der Waals surface area contributed by atoms with Gasteiger partial charge in [0.25, 0.3) is 0 Å². The summed E-state index contributed by atoms with van der Waals surface area (Å²) in [5.41, 5.74) is 0. The summed E-state index contributed by atoms with van der Waals surface area (Å²) in [6.07, 6.45) is 0.382. The number of carbonyl (C=O) groups is 2. The molecule has 0 spiro atoms. The zero-order valence-corrected chi connectivity index (χ0v) is 13.1. The average molecular weight is 305 g/mol. The summed E-state index contributed by atoms with van der Waals surface area (Å²) in [5.74, 6) is 0.533. The van der Waals surface area contributed by atoms with Gasteiger partial charge < -0.3 is 19.9 Å². The molecule has 1 N–H and O–H groups in total. The Balaban J connectivity index is 1.87. The van der Waals surface area contributed by atoms with Crippen LogP contribution >= 0.6 is 0 Å². The minimum Gasteiger partial charge on any atom is -0.410 e. The second-order valence-corrected chi connectivity index (χ2v) is 5.61. The Morgan fingerprint density at radius 3 is 2.36 bits per heavy atom. The topological polar surface area (TPSA) is 61.9 Å². The molecule has 1 heterocycles. The maximum absolute atomic E-state index is 12.2. The summed E-state index contributed by atoms with van der Waals surface area (Å²) >= 11 is 0. The molecule has 0 saturated carbocycles. The fourth-order valence-electron chi connectivity index (χ4n) is 2.30. The molecule has 3 amide bonds. The van der Waals surface area contributed by atoms with E-state index >= 15 is 0 Å². The van der Waals surface area contributed by atoms with Crippen LogP contribution in [0.3, 0.4) is 0 Å². The molecule has 120 valence electrons. The molecule has 0 aliphatic carbocycles. The monoisotopic (exact) mass is 305 g/mol. The number of nitrogens with one attached hydrogen (secondary N) is 1. The third kappa shape index (κ3) is 4.65. The summed E-state index contributed by atoms with van der Waals surface area (Å²) in [6, 6.07) is 9.04. The molecule has 1 aliphatic heterocycles. The van der Waals surface area contributed by atoms with Crippen molar-refractivity contribution in [2.24, 2.45) is 0 Å². The van der Waals surface area contributed by atoms with Gasteiger partial charge in [0, 0.05) is 32.2 Å². The van der Waals surface area contributed by atoms with Crippen LogP contribution in [0.1, 0.15) is 20.3 Å². The molecule has 22 heavy (non-hydrogen) atoms. The highest BCUT2D eigenvalue weighted by molar-refractivity contribution is 5.75. The quantitative estimate of drug-likeness (QED) is 0.912. The van der Waals surface area contributed by atoms with E-state index in [1.165, 1.54) is 0 Å². The maximum Gasteiger partial charge on any atom is 0.415 e. The van der Waals surface area contributed by atoms with E-state index in [1.54, 1.807) is 21.9 Å². The first-order chi connectivity index (χ1) is 10.6. The Bertz CT molecular complexity index is 505. The second-order valence-electron chi connectivity index (χ2n) is 5.61. The molecule has 1 aromatic carbocycles. The van der Waals surface area contributed by atoms with E-state index in [4.69, 9.17) is 4.74 Å². The highest BCUT2D eigenvalue weighted by Gasteiger charge is 2.23. The molecule has 0 atom stereocenters. The maximum atomic E-state index is 12.2. The van der Waals surface area contributed by atoms with Crippen LogP contribution in [-0.2, 0) is 0 Å². The molecule has 1 fully saturated rings. The van der Waals surface area contributed by atoms with E-state index in [-0.39, 0.29) is 18.2 Å². The van der Waals surface area contributed by atoms with Crippen LogP contribution in [0, 0.1) is 0 Å². The average Bonchev–Trinajstić information content (AvgIpc) is 2.73. The number of para-hydroxylation sites is 1. The van der Waals surface area contributed by atoms with Gasteiger partial charge in [0.1, 0.15) is 5.75 Å². The Morgan fingerprint density at radius 2 is 1.68 bits per heavy atom. The van der Waals surface area contributed by atoms with E-state index in [1.807, 2.05) is 32.0 Å². The van der Waals surface area contributed by atoms with Crippen molar-refractivity contribution < 1.29 is 14.3 Å². The van der Waals surface area contributed by atoms with E-state index in [2.05, 4.69) is 5.32 Å². The minimum atomic E-state index is -0.364. The lowest BCUT2D eigenvalue weighted by Crippen LogP contribution is -2.45. The van der Waals surface area contributed by atoms with Crippen molar-refractivity contribution in [3.8, 4) is 5.75 Å². The SMILES string of the molecule is CC(C)NC(=O)N1CCCN(C(=O)Oc2ccccc2)CC1. The first kappa shape index (κ1) is 16.1. The summed E-state index contributed by atoms with van der Waals surface area (Å²) in [7, 11) is 0. The number of carbonyl (C=O) groups excluding carboxylic acids is 2. The van der Waals surface area contributed by atoms with Gasteiger partial charge in [-0.15, -0.1) is 0 Å². The van der Waals surface area contributed by atoms with Gasteiger partial charge >= 0.3 is 12.1 Å². The van der Waals surface area contributed by atoms with Crippen LogP contribution in [0.15, 0.2) is 30.3 Å². The first-order valence-electron chi connectivity index (χ1n) is 7.63. The second kappa shape index (κ2) is 7.68. The Hall–Kier alpha value is -2.24. The predicted octanol–water partition coefficient (Wildman–Crippen LogP) is 2.31. The normalized spacial score (nSPS) is 15.4. The number of urea groups is 1. The van der Waals surface area contributed by atoms with Crippen molar-refractivity contribution in [1.82, 2.24) is 15.1 Å². The standard InChI is InChI=1S/C16H23N3O3/c1-13(2)17-15(20)18-9-6-10-19(12-11-18)16(21)22-14-7-4-3-5-8-14/h3-5,7-8,13H,6,9-12H2,1-2H3,(H,17,20). The number of benzene rings is 1. The number of rotatable bonds is 2. The highest BCUT2D eigenvalue weighted by atomic mass is 16.6. The van der Waals surface area contributed by atoms with Gasteiger partial charge in [-0.1, -0.05) is 18.2 Å². The van der Waals surface area contributed by atoms with Gasteiger partial charge in [0.05, 0.1) is 0 Å². The molecule has 0 radical (unpaired) electrons. The summed E-state index contributed by atoms with van der Waals surface area (Å²) in [5, 5.41) is 2.88. The van der Waals surface area contributed by atoms with Crippen molar-refractivity contribution in [3.63, 3.8) is 0 Å². The fraction of sp³-hybridized carbons (Fsp3) is 0.500.